The number of thiazole rings is 1. The van der Waals surface area contributed by atoms with Crippen molar-refractivity contribution in [3.8, 4) is 11.5 Å². The summed E-state index contributed by atoms with van der Waals surface area (Å²) in [6.45, 7) is 3.06. The summed E-state index contributed by atoms with van der Waals surface area (Å²) >= 11 is 2.82. The molecule has 4 heterocycles. The van der Waals surface area contributed by atoms with Crippen molar-refractivity contribution in [2.75, 3.05) is 20.3 Å². The molecule has 0 saturated carbocycles. The van der Waals surface area contributed by atoms with Gasteiger partial charge in [-0.1, -0.05) is 65.9 Å². The van der Waals surface area contributed by atoms with E-state index in [1.165, 1.54) is 22.7 Å². The number of para-hydroxylation sites is 1. The second-order valence-corrected chi connectivity index (χ2v) is 12.8. The van der Waals surface area contributed by atoms with Crippen LogP contribution >= 0.6 is 22.7 Å². The molecule has 1 atom stereocenters. The molecule has 0 spiro atoms. The number of aromatic nitrogens is 2. The number of benzene rings is 3. The first kappa shape index (κ1) is 30.5. The third-order valence-corrected chi connectivity index (χ3v) is 9.86. The van der Waals surface area contributed by atoms with Crippen LogP contribution in [0.1, 0.15) is 29.0 Å². The summed E-state index contributed by atoms with van der Waals surface area (Å²) in [6, 6.07) is 28.4. The molecule has 3 aromatic carbocycles. The first-order chi connectivity index (χ1) is 23.1. The van der Waals surface area contributed by atoms with E-state index >= 15 is 0 Å². The number of ether oxygens (including phenoxy) is 3. The minimum atomic E-state index is -0.667. The third-order valence-electron chi connectivity index (χ3n) is 7.95. The van der Waals surface area contributed by atoms with Crippen molar-refractivity contribution < 1.29 is 19.0 Å². The van der Waals surface area contributed by atoms with Crippen molar-refractivity contribution in [1.82, 2.24) is 9.13 Å². The molecule has 0 fully saturated rings. The van der Waals surface area contributed by atoms with Crippen LogP contribution in [0, 0.1) is 0 Å². The van der Waals surface area contributed by atoms with E-state index in [1.54, 1.807) is 18.6 Å². The van der Waals surface area contributed by atoms with Gasteiger partial charge in [-0.05, 0) is 54.8 Å². The average molecular weight is 662 g/mol. The molecule has 0 radical (unpaired) electrons. The van der Waals surface area contributed by atoms with E-state index in [4.69, 9.17) is 19.2 Å². The monoisotopic (exact) mass is 661 g/mol. The predicted molar refractivity (Wildman–Crippen MR) is 186 cm³/mol. The maximum absolute atomic E-state index is 14.3. The second-order valence-electron chi connectivity index (χ2n) is 10.8. The average Bonchev–Trinajstić information content (AvgIpc) is 3.84. The lowest BCUT2D eigenvalue weighted by Gasteiger charge is -2.24. The summed E-state index contributed by atoms with van der Waals surface area (Å²) in [5, 5.41) is 2.97. The van der Waals surface area contributed by atoms with Crippen LogP contribution in [0.3, 0.4) is 0 Å². The number of carbonyl (C=O) groups excluding carboxylic acids is 1. The lowest BCUT2D eigenvalue weighted by atomic mass is 9.97. The van der Waals surface area contributed by atoms with Gasteiger partial charge in [-0.3, -0.25) is 9.36 Å². The van der Waals surface area contributed by atoms with E-state index in [9.17, 15) is 9.59 Å². The Morgan fingerprint density at radius 1 is 0.957 bits per heavy atom. The van der Waals surface area contributed by atoms with Gasteiger partial charge in [-0.15, -0.1) is 11.3 Å². The van der Waals surface area contributed by atoms with Gasteiger partial charge in [0, 0.05) is 33.1 Å². The Morgan fingerprint density at radius 2 is 1.72 bits per heavy atom. The van der Waals surface area contributed by atoms with Crippen LogP contribution < -0.4 is 24.4 Å². The molecule has 236 valence electrons. The number of carbonyl (C=O) groups is 1. The highest BCUT2D eigenvalue weighted by atomic mass is 32.1. The number of methoxy groups -OCH3 is 1. The molecule has 0 aliphatic carbocycles. The highest BCUT2D eigenvalue weighted by molar-refractivity contribution is 7.10. The molecule has 0 amide bonds. The molecule has 7 rings (SSSR count). The van der Waals surface area contributed by atoms with Gasteiger partial charge < -0.3 is 18.8 Å². The van der Waals surface area contributed by atoms with Crippen molar-refractivity contribution in [3.63, 3.8) is 0 Å². The zero-order valence-corrected chi connectivity index (χ0v) is 27.4. The predicted octanol–water partition coefficient (Wildman–Crippen LogP) is 6.04. The number of nitrogens with zero attached hydrogens (tertiary/aromatic N) is 3. The lowest BCUT2D eigenvalue weighted by Crippen LogP contribution is -2.39. The van der Waals surface area contributed by atoms with Crippen molar-refractivity contribution >= 4 is 51.3 Å². The van der Waals surface area contributed by atoms with Crippen LogP contribution in [0.2, 0.25) is 0 Å². The number of fused-ring (bicyclic) bond motifs is 2. The summed E-state index contributed by atoms with van der Waals surface area (Å²) in [4.78, 5) is 34.2. The highest BCUT2D eigenvalue weighted by Crippen LogP contribution is 2.37. The van der Waals surface area contributed by atoms with Crippen molar-refractivity contribution in [3.05, 3.63) is 144 Å². The van der Waals surface area contributed by atoms with Gasteiger partial charge in [0.25, 0.3) is 5.56 Å². The summed E-state index contributed by atoms with van der Waals surface area (Å²) in [7, 11) is 1.64. The fraction of sp³-hybridized carbons (Fsp3) is 0.162. The van der Waals surface area contributed by atoms with Crippen molar-refractivity contribution in [2.45, 2.75) is 19.5 Å². The van der Waals surface area contributed by atoms with Crippen LogP contribution in [0.4, 0.5) is 0 Å². The zero-order chi connectivity index (χ0) is 32.3. The molecule has 47 heavy (non-hydrogen) atoms. The Bertz CT molecular complexity index is 2260. The summed E-state index contributed by atoms with van der Waals surface area (Å²) in [5.74, 6) is 1.06. The van der Waals surface area contributed by atoms with Crippen LogP contribution in [0.5, 0.6) is 11.5 Å². The number of hydrogen-bond acceptors (Lipinski definition) is 8. The molecule has 3 aromatic heterocycles. The fourth-order valence-electron chi connectivity index (χ4n) is 5.81. The number of hydrogen-bond donors (Lipinski definition) is 0. The summed E-state index contributed by atoms with van der Waals surface area (Å²) < 4.78 is 21.1. The Balaban J connectivity index is 1.32. The first-order valence-corrected chi connectivity index (χ1v) is 16.9. The van der Waals surface area contributed by atoms with Gasteiger partial charge in [0.15, 0.2) is 4.80 Å². The van der Waals surface area contributed by atoms with E-state index < -0.39 is 12.0 Å². The van der Waals surface area contributed by atoms with Crippen LogP contribution in [-0.2, 0) is 16.1 Å². The topological polar surface area (TPSA) is 84.1 Å². The largest absolute Gasteiger partial charge is 0.497 e. The van der Waals surface area contributed by atoms with E-state index in [-0.39, 0.29) is 12.2 Å². The lowest BCUT2D eigenvalue weighted by molar-refractivity contribution is -0.138. The van der Waals surface area contributed by atoms with Crippen LogP contribution in [0.25, 0.3) is 22.7 Å². The minimum Gasteiger partial charge on any atom is -0.497 e. The quantitative estimate of drug-likeness (QED) is 0.167. The van der Waals surface area contributed by atoms with Gasteiger partial charge >= 0.3 is 5.97 Å². The molecule has 10 heteroatoms. The molecular weight excluding hydrogens is 631 g/mol. The number of esters is 1. The van der Waals surface area contributed by atoms with E-state index in [2.05, 4.69) is 22.9 Å². The van der Waals surface area contributed by atoms with Gasteiger partial charge in [0.2, 0.25) is 0 Å². The van der Waals surface area contributed by atoms with Crippen molar-refractivity contribution in [2.24, 2.45) is 4.99 Å². The van der Waals surface area contributed by atoms with E-state index in [0.29, 0.717) is 33.8 Å². The van der Waals surface area contributed by atoms with Crippen LogP contribution in [-0.4, -0.2) is 35.4 Å². The third kappa shape index (κ3) is 5.93. The molecular formula is C37H31N3O5S2. The first-order valence-electron chi connectivity index (χ1n) is 15.2. The van der Waals surface area contributed by atoms with E-state index in [1.807, 2.05) is 90.3 Å². The molecule has 1 aliphatic rings. The number of rotatable bonds is 10. The Kier molecular flexibility index (Phi) is 8.60. The Labute approximate surface area is 278 Å². The maximum atomic E-state index is 14.3. The normalized spacial score (nSPS) is 14.6. The minimum absolute atomic E-state index is 0.208. The number of thiophene rings is 1. The summed E-state index contributed by atoms with van der Waals surface area (Å²) in [6.07, 6.45) is 3.98. The van der Waals surface area contributed by atoms with Gasteiger partial charge in [0.1, 0.15) is 24.1 Å². The maximum Gasteiger partial charge on any atom is 0.338 e. The van der Waals surface area contributed by atoms with Gasteiger partial charge in [-0.25, -0.2) is 9.79 Å². The molecule has 8 nitrogen and oxygen atoms in total. The molecule has 1 aliphatic heterocycles. The Hall–Kier alpha value is -5.19. The van der Waals surface area contributed by atoms with Gasteiger partial charge in [-0.2, -0.15) is 0 Å². The molecule has 0 bridgehead atoms. The standard InChI is InChI=1S/C37H31N3O5S2/c1-3-44-36(42)32-33(24-10-5-4-6-11-24)38-37-40(34(32)30-14-9-21-46-30)35(41)31(47-37)22-25-23-39(29-13-8-7-12-28(25)29)19-20-45-27-17-15-26(43-2)16-18-27/h4-18,21-23,34H,3,19-20H2,1-2H3/b31-22-. The molecule has 0 saturated heterocycles. The Morgan fingerprint density at radius 3 is 2.47 bits per heavy atom. The zero-order valence-electron chi connectivity index (χ0n) is 25.8. The fourth-order valence-corrected chi connectivity index (χ4v) is 7.62. The summed E-state index contributed by atoms with van der Waals surface area (Å²) in [5.41, 5.74) is 3.40. The second kappa shape index (κ2) is 13.3. The molecule has 1 unspecified atom stereocenters. The van der Waals surface area contributed by atoms with Crippen molar-refractivity contribution in [1.29, 1.82) is 0 Å². The smallest absolute Gasteiger partial charge is 0.338 e. The SMILES string of the molecule is CCOC(=O)C1=C(c2ccccc2)N=c2s/c(=C\c3cn(CCOc4ccc(OC)cc4)c4ccccc34)c(=O)n2C1c1cccs1. The molecule has 6 aromatic rings. The van der Waals surface area contributed by atoms with E-state index in [0.717, 1.165) is 38.4 Å². The van der Waals surface area contributed by atoms with Crippen LogP contribution in [0.15, 0.2) is 118 Å². The highest BCUT2D eigenvalue weighted by Gasteiger charge is 2.35. The molecule has 0 N–H and O–H groups in total. The van der Waals surface area contributed by atoms with Gasteiger partial charge in [0.05, 0.1) is 36.1 Å².